The van der Waals surface area contributed by atoms with Gasteiger partial charge >= 0.3 is 11.9 Å². The molecule has 4 fully saturated rings. The monoisotopic (exact) mass is 370 g/mol. The van der Waals surface area contributed by atoms with Crippen LogP contribution in [0.3, 0.4) is 0 Å². The molecule has 1 spiro atoms. The Balaban J connectivity index is 1.66. The average Bonchev–Trinajstić information content (AvgIpc) is 2.85. The number of hydrogen-bond acceptors (Lipinski definition) is 6. The van der Waals surface area contributed by atoms with Crippen molar-refractivity contribution < 1.29 is 33.9 Å². The maximum Gasteiger partial charge on any atom is 0.306 e. The van der Waals surface area contributed by atoms with Crippen molar-refractivity contribution in [1.82, 2.24) is 0 Å². The van der Waals surface area contributed by atoms with Gasteiger partial charge in [0.25, 0.3) is 0 Å². The van der Waals surface area contributed by atoms with Crippen molar-refractivity contribution in [3.05, 3.63) is 0 Å². The Kier molecular flexibility index (Phi) is 5.61. The average molecular weight is 370 g/mol. The van der Waals surface area contributed by atoms with Crippen LogP contribution in [0, 0.1) is 23.7 Å². The van der Waals surface area contributed by atoms with Crippen molar-refractivity contribution in [2.45, 2.75) is 70.7 Å². The van der Waals surface area contributed by atoms with Crippen LogP contribution in [0.4, 0.5) is 0 Å². The molecule has 4 rings (SSSR count). The van der Waals surface area contributed by atoms with Gasteiger partial charge in [0.05, 0.1) is 26.1 Å². The number of esters is 1. The van der Waals surface area contributed by atoms with E-state index in [0.29, 0.717) is 18.4 Å². The molecule has 1 N–H and O–H groups in total. The third-order valence-corrected chi connectivity index (χ3v) is 6.50. The predicted octanol–water partition coefficient (Wildman–Crippen LogP) is 2.92. The number of hydrogen-bond donors (Lipinski definition) is 1. The molecule has 2 unspecified atom stereocenters. The Morgan fingerprint density at radius 1 is 1.23 bits per heavy atom. The van der Waals surface area contributed by atoms with Gasteiger partial charge in [-0.15, -0.1) is 0 Å². The lowest BCUT2D eigenvalue weighted by Gasteiger charge is -2.53. The first-order valence-corrected chi connectivity index (χ1v) is 9.64. The highest BCUT2D eigenvalue weighted by molar-refractivity contribution is 5.76. The molecule has 3 saturated heterocycles. The van der Waals surface area contributed by atoms with Crippen LogP contribution >= 0.6 is 0 Å². The molecular formula is C19H30O7. The predicted molar refractivity (Wildman–Crippen MR) is 90.9 cm³/mol. The van der Waals surface area contributed by atoms with Crippen molar-refractivity contribution >= 4 is 11.9 Å². The van der Waals surface area contributed by atoms with Gasteiger partial charge in [-0.05, 0) is 49.9 Å². The molecule has 0 amide bonds. The van der Waals surface area contributed by atoms with Gasteiger partial charge in [-0.1, -0.05) is 13.8 Å². The lowest BCUT2D eigenvalue weighted by atomic mass is 9.60. The van der Waals surface area contributed by atoms with E-state index in [4.69, 9.17) is 24.4 Å². The van der Waals surface area contributed by atoms with Gasteiger partial charge in [0, 0.05) is 6.42 Å². The summed E-state index contributed by atoms with van der Waals surface area (Å²) >= 11 is 0. The van der Waals surface area contributed by atoms with Crippen molar-refractivity contribution in [3.63, 3.8) is 0 Å². The third kappa shape index (κ3) is 3.75. The van der Waals surface area contributed by atoms with Gasteiger partial charge in [-0.25, -0.2) is 9.78 Å². The third-order valence-electron chi connectivity index (χ3n) is 6.50. The topological polar surface area (TPSA) is 91.3 Å². The minimum absolute atomic E-state index is 0.0773. The fourth-order valence-corrected chi connectivity index (χ4v) is 4.91. The molecule has 26 heavy (non-hydrogen) atoms. The van der Waals surface area contributed by atoms with Gasteiger partial charge in [-0.2, -0.15) is 0 Å². The minimum Gasteiger partial charge on any atom is -0.481 e. The molecule has 7 nitrogen and oxygen atoms in total. The number of carbonyl (C=O) groups excluding carboxylic acids is 1. The van der Waals surface area contributed by atoms with Crippen LogP contribution in [-0.2, 0) is 28.8 Å². The van der Waals surface area contributed by atoms with Crippen LogP contribution < -0.4 is 0 Å². The molecule has 2 bridgehead atoms. The van der Waals surface area contributed by atoms with Crippen LogP contribution in [-0.4, -0.2) is 41.6 Å². The number of rotatable bonds is 6. The zero-order valence-corrected chi connectivity index (χ0v) is 15.9. The van der Waals surface area contributed by atoms with Gasteiger partial charge in [0.15, 0.2) is 5.79 Å². The Labute approximate surface area is 154 Å². The SMILES string of the molecule is C[C@@H]1CCC([C@@H](C)COC(=O)CCC(=O)O)[C@@]23CO[C@@](C)(CCC12)OO3. The molecule has 7 heteroatoms. The summed E-state index contributed by atoms with van der Waals surface area (Å²) in [7, 11) is 0. The van der Waals surface area contributed by atoms with Crippen molar-refractivity contribution in [2.24, 2.45) is 23.7 Å². The molecule has 4 aliphatic rings. The van der Waals surface area contributed by atoms with E-state index in [0.717, 1.165) is 25.7 Å². The second-order valence-electron chi connectivity index (χ2n) is 8.40. The van der Waals surface area contributed by atoms with E-state index in [1.807, 2.05) is 6.92 Å². The fraction of sp³-hybridized carbons (Fsp3) is 0.895. The highest BCUT2D eigenvalue weighted by Gasteiger charge is 2.60. The number of aliphatic carboxylic acids is 1. The van der Waals surface area contributed by atoms with Crippen LogP contribution in [0.15, 0.2) is 0 Å². The molecule has 1 aliphatic carbocycles. The fourth-order valence-electron chi connectivity index (χ4n) is 4.91. The summed E-state index contributed by atoms with van der Waals surface area (Å²) in [5.41, 5.74) is -0.499. The normalized spacial score (nSPS) is 40.3. The van der Waals surface area contributed by atoms with E-state index in [1.165, 1.54) is 0 Å². The second kappa shape index (κ2) is 7.44. The molecule has 1 saturated carbocycles. The summed E-state index contributed by atoms with van der Waals surface area (Å²) in [6.45, 7) is 7.00. The molecule has 0 radical (unpaired) electrons. The Morgan fingerprint density at radius 2 is 2.00 bits per heavy atom. The molecule has 3 aliphatic heterocycles. The van der Waals surface area contributed by atoms with Gasteiger partial charge in [0.1, 0.15) is 5.60 Å². The van der Waals surface area contributed by atoms with E-state index >= 15 is 0 Å². The van der Waals surface area contributed by atoms with Crippen molar-refractivity contribution in [3.8, 4) is 0 Å². The smallest absolute Gasteiger partial charge is 0.306 e. The van der Waals surface area contributed by atoms with Crippen molar-refractivity contribution in [1.29, 1.82) is 0 Å². The van der Waals surface area contributed by atoms with E-state index in [9.17, 15) is 9.59 Å². The first kappa shape index (κ1) is 19.6. The minimum atomic E-state index is -0.996. The van der Waals surface area contributed by atoms with E-state index < -0.39 is 23.3 Å². The summed E-state index contributed by atoms with van der Waals surface area (Å²) in [6.07, 6.45) is 3.58. The molecule has 6 atom stereocenters. The van der Waals surface area contributed by atoms with Crippen molar-refractivity contribution in [2.75, 3.05) is 13.2 Å². The first-order chi connectivity index (χ1) is 12.3. The quantitative estimate of drug-likeness (QED) is 0.568. The van der Waals surface area contributed by atoms with Gasteiger partial charge in [-0.3, -0.25) is 9.59 Å². The summed E-state index contributed by atoms with van der Waals surface area (Å²) in [5, 5.41) is 8.66. The Morgan fingerprint density at radius 3 is 2.65 bits per heavy atom. The van der Waals surface area contributed by atoms with Gasteiger partial charge in [0.2, 0.25) is 0 Å². The lowest BCUT2D eigenvalue weighted by Crippen LogP contribution is -2.60. The zero-order valence-electron chi connectivity index (χ0n) is 15.9. The molecule has 0 aromatic carbocycles. The molecule has 148 valence electrons. The van der Waals surface area contributed by atoms with E-state index in [-0.39, 0.29) is 31.3 Å². The van der Waals surface area contributed by atoms with Gasteiger partial charge < -0.3 is 14.6 Å². The standard InChI is InChI=1S/C19H30O7/c1-12-4-5-14(13(2)10-23-17(22)7-6-16(20)21)19-11-24-18(3,25-26-19)9-8-15(12)19/h12-15H,4-11H2,1-3H3,(H,20,21)/t12-,13+,14?,15?,18-,19+/m1/s1. The molecular weight excluding hydrogens is 340 g/mol. The highest BCUT2D eigenvalue weighted by Crippen LogP contribution is 2.55. The zero-order chi connectivity index (χ0) is 18.9. The summed E-state index contributed by atoms with van der Waals surface area (Å²) in [4.78, 5) is 34.0. The van der Waals surface area contributed by atoms with Crippen LogP contribution in [0.1, 0.15) is 59.3 Å². The Hall–Kier alpha value is -1.18. The van der Waals surface area contributed by atoms with Crippen LogP contribution in [0.5, 0.6) is 0 Å². The first-order valence-electron chi connectivity index (χ1n) is 9.64. The molecule has 3 heterocycles. The summed E-state index contributed by atoms with van der Waals surface area (Å²) < 4.78 is 11.4. The maximum absolute atomic E-state index is 11.8. The number of carboxylic acids is 1. The lowest BCUT2D eigenvalue weighted by molar-refractivity contribution is -0.517. The number of fused-ring (bicyclic) bond motifs is 3. The number of carboxylic acid groups (broad SMARTS) is 1. The number of ether oxygens (including phenoxy) is 2. The highest BCUT2D eigenvalue weighted by atomic mass is 17.2. The molecule has 0 aromatic heterocycles. The largest absolute Gasteiger partial charge is 0.481 e. The van der Waals surface area contributed by atoms with Crippen LogP contribution in [0.25, 0.3) is 0 Å². The molecule has 0 aromatic rings. The summed E-state index contributed by atoms with van der Waals surface area (Å²) in [5.74, 6) is -1.00. The van der Waals surface area contributed by atoms with E-state index in [1.54, 1.807) is 0 Å². The Bertz CT molecular complexity index is 538. The van der Waals surface area contributed by atoms with E-state index in [2.05, 4.69) is 13.8 Å². The number of carbonyl (C=O) groups is 2. The maximum atomic E-state index is 11.8. The second-order valence-corrected chi connectivity index (χ2v) is 8.40. The van der Waals surface area contributed by atoms with Crippen LogP contribution in [0.2, 0.25) is 0 Å². The summed E-state index contributed by atoms with van der Waals surface area (Å²) in [6, 6.07) is 0.